The van der Waals surface area contributed by atoms with E-state index in [0.29, 0.717) is 16.3 Å². The van der Waals surface area contributed by atoms with Crippen LogP contribution in [0.2, 0.25) is 5.02 Å². The largest absolute Gasteiger partial charge is 0.350 e. The second-order valence-corrected chi connectivity index (χ2v) is 7.84. The topological polar surface area (TPSA) is 75.3 Å². The van der Waals surface area contributed by atoms with E-state index in [4.69, 9.17) is 11.6 Å². The summed E-state index contributed by atoms with van der Waals surface area (Å²) < 4.78 is 27.5. The third kappa shape index (κ3) is 4.49. The smallest absolute Gasteiger partial charge is 0.261 e. The summed E-state index contributed by atoms with van der Waals surface area (Å²) in [5.41, 5.74) is 1.58. The number of aryl methyl sites for hydroxylation is 1. The normalized spacial score (nSPS) is 11.4. The molecule has 2 N–H and O–H groups in total. The summed E-state index contributed by atoms with van der Waals surface area (Å²) in [6.45, 7) is 5.50. The minimum absolute atomic E-state index is 0.00776. The van der Waals surface area contributed by atoms with Crippen LogP contribution in [0.4, 0.5) is 5.69 Å². The Balaban J connectivity index is 2.23. The molecule has 2 rings (SSSR count). The summed E-state index contributed by atoms with van der Waals surface area (Å²) in [5, 5.41) is 3.20. The third-order valence-corrected chi connectivity index (χ3v) is 4.91. The molecular weight excluding hydrogens is 348 g/mol. The van der Waals surface area contributed by atoms with Crippen molar-refractivity contribution in [3.63, 3.8) is 0 Å². The van der Waals surface area contributed by atoms with Crippen molar-refractivity contribution in [1.29, 1.82) is 0 Å². The van der Waals surface area contributed by atoms with E-state index in [9.17, 15) is 13.2 Å². The first-order valence-electron chi connectivity index (χ1n) is 7.39. The first kappa shape index (κ1) is 18.3. The molecule has 2 aromatic rings. The van der Waals surface area contributed by atoms with E-state index in [1.54, 1.807) is 25.1 Å². The highest BCUT2D eigenvalue weighted by Crippen LogP contribution is 2.23. The molecule has 0 bridgehead atoms. The molecule has 128 valence electrons. The van der Waals surface area contributed by atoms with Gasteiger partial charge in [0.2, 0.25) is 0 Å². The zero-order valence-electron chi connectivity index (χ0n) is 13.6. The van der Waals surface area contributed by atoms with Crippen LogP contribution in [0.25, 0.3) is 0 Å². The van der Waals surface area contributed by atoms with Gasteiger partial charge in [-0.1, -0.05) is 17.7 Å². The lowest BCUT2D eigenvalue weighted by molar-refractivity contribution is 0.0943. The van der Waals surface area contributed by atoms with Gasteiger partial charge >= 0.3 is 0 Å². The van der Waals surface area contributed by atoms with E-state index >= 15 is 0 Å². The maximum Gasteiger partial charge on any atom is 0.261 e. The molecule has 0 aliphatic heterocycles. The molecule has 0 aromatic heterocycles. The second-order valence-electron chi connectivity index (χ2n) is 5.72. The van der Waals surface area contributed by atoms with Crippen molar-refractivity contribution >= 4 is 33.2 Å². The number of halogens is 1. The van der Waals surface area contributed by atoms with Gasteiger partial charge in [0.15, 0.2) is 0 Å². The van der Waals surface area contributed by atoms with Gasteiger partial charge < -0.3 is 5.32 Å². The number of anilines is 1. The van der Waals surface area contributed by atoms with Crippen molar-refractivity contribution in [2.75, 3.05) is 4.72 Å². The lowest BCUT2D eigenvalue weighted by atomic mass is 10.2. The monoisotopic (exact) mass is 366 g/mol. The molecule has 0 aliphatic rings. The number of sulfonamides is 1. The van der Waals surface area contributed by atoms with Crippen molar-refractivity contribution in [2.24, 2.45) is 0 Å². The predicted octanol–water partition coefficient (Wildman–Crippen LogP) is 3.59. The molecule has 0 aliphatic carbocycles. The number of carbonyl (C=O) groups is 1. The zero-order valence-corrected chi connectivity index (χ0v) is 15.2. The maximum atomic E-state index is 12.5. The van der Waals surface area contributed by atoms with Gasteiger partial charge in [-0.3, -0.25) is 9.52 Å². The Bertz CT molecular complexity index is 847. The Morgan fingerprint density at radius 3 is 2.29 bits per heavy atom. The lowest BCUT2D eigenvalue weighted by Crippen LogP contribution is -2.30. The first-order valence-corrected chi connectivity index (χ1v) is 9.25. The van der Waals surface area contributed by atoms with Crippen LogP contribution in [0.1, 0.15) is 29.8 Å². The minimum Gasteiger partial charge on any atom is -0.350 e. The van der Waals surface area contributed by atoms with E-state index < -0.39 is 10.0 Å². The number of nitrogens with one attached hydrogen (secondary N) is 2. The van der Waals surface area contributed by atoms with E-state index in [0.717, 1.165) is 5.56 Å². The summed E-state index contributed by atoms with van der Waals surface area (Å²) in [7, 11) is -3.76. The molecule has 2 aromatic carbocycles. The van der Waals surface area contributed by atoms with Gasteiger partial charge in [0, 0.05) is 16.6 Å². The minimum atomic E-state index is -3.76. The molecule has 24 heavy (non-hydrogen) atoms. The standard InChI is InChI=1S/C17H19ClN2O3S/c1-11(2)19-17(21)13-5-8-15(9-6-13)24(22,23)20-16-10-14(18)7-4-12(16)3/h4-11,20H,1-3H3,(H,19,21). The Labute approximate surface area is 147 Å². The maximum absolute atomic E-state index is 12.5. The van der Waals surface area contributed by atoms with Gasteiger partial charge in [0.25, 0.3) is 15.9 Å². The van der Waals surface area contributed by atoms with Crippen LogP contribution in [-0.4, -0.2) is 20.4 Å². The van der Waals surface area contributed by atoms with Crippen molar-refractivity contribution < 1.29 is 13.2 Å². The third-order valence-electron chi connectivity index (χ3n) is 3.29. The highest BCUT2D eigenvalue weighted by Gasteiger charge is 2.16. The van der Waals surface area contributed by atoms with Crippen LogP contribution in [0.3, 0.4) is 0 Å². The summed E-state index contributed by atoms with van der Waals surface area (Å²) in [4.78, 5) is 12.0. The number of rotatable bonds is 5. The Morgan fingerprint density at radius 1 is 1.08 bits per heavy atom. The molecule has 7 heteroatoms. The molecule has 0 heterocycles. The SMILES string of the molecule is Cc1ccc(Cl)cc1NS(=O)(=O)c1ccc(C(=O)NC(C)C)cc1. The fraction of sp³-hybridized carbons (Fsp3) is 0.235. The van der Waals surface area contributed by atoms with Crippen LogP contribution in [0, 0.1) is 6.92 Å². The van der Waals surface area contributed by atoms with Crippen LogP contribution >= 0.6 is 11.6 Å². The van der Waals surface area contributed by atoms with Crippen LogP contribution < -0.4 is 10.0 Å². The molecule has 0 atom stereocenters. The van der Waals surface area contributed by atoms with Crippen LogP contribution in [0.15, 0.2) is 47.4 Å². The first-order chi connectivity index (χ1) is 11.2. The van der Waals surface area contributed by atoms with Gasteiger partial charge in [-0.2, -0.15) is 0 Å². The van der Waals surface area contributed by atoms with Gasteiger partial charge in [-0.15, -0.1) is 0 Å². The Kier molecular flexibility index (Phi) is 5.51. The number of benzene rings is 2. The average molecular weight is 367 g/mol. The van der Waals surface area contributed by atoms with Crippen molar-refractivity contribution in [3.05, 3.63) is 58.6 Å². The predicted molar refractivity (Wildman–Crippen MR) is 96.0 cm³/mol. The molecule has 0 saturated carbocycles. The molecule has 1 amide bonds. The van der Waals surface area contributed by atoms with Crippen LogP contribution in [0.5, 0.6) is 0 Å². The van der Waals surface area contributed by atoms with Gasteiger partial charge in [0.05, 0.1) is 10.6 Å². The quantitative estimate of drug-likeness (QED) is 0.849. The number of amides is 1. The van der Waals surface area contributed by atoms with Crippen LogP contribution in [-0.2, 0) is 10.0 Å². The highest BCUT2D eigenvalue weighted by atomic mass is 35.5. The molecule has 0 radical (unpaired) electrons. The fourth-order valence-electron chi connectivity index (χ4n) is 2.04. The summed E-state index contributed by atoms with van der Waals surface area (Å²) in [6.07, 6.45) is 0. The van der Waals surface area contributed by atoms with Crippen molar-refractivity contribution in [3.8, 4) is 0 Å². The summed E-state index contributed by atoms with van der Waals surface area (Å²) in [5.74, 6) is -0.243. The summed E-state index contributed by atoms with van der Waals surface area (Å²) in [6, 6.07) is 10.8. The Morgan fingerprint density at radius 2 is 1.71 bits per heavy atom. The molecule has 0 fully saturated rings. The number of hydrogen-bond donors (Lipinski definition) is 2. The van der Waals surface area contributed by atoms with Crippen molar-refractivity contribution in [1.82, 2.24) is 5.32 Å². The molecule has 5 nitrogen and oxygen atoms in total. The van der Waals surface area contributed by atoms with E-state index in [2.05, 4.69) is 10.0 Å². The van der Waals surface area contributed by atoms with Crippen molar-refractivity contribution in [2.45, 2.75) is 31.7 Å². The zero-order chi connectivity index (χ0) is 17.9. The molecule has 0 unspecified atom stereocenters. The fourth-order valence-corrected chi connectivity index (χ4v) is 3.33. The van der Waals surface area contributed by atoms with E-state index in [-0.39, 0.29) is 16.8 Å². The number of hydrogen-bond acceptors (Lipinski definition) is 3. The van der Waals surface area contributed by atoms with Gasteiger partial charge in [-0.25, -0.2) is 8.42 Å². The summed E-state index contributed by atoms with van der Waals surface area (Å²) >= 11 is 5.91. The average Bonchev–Trinajstić information content (AvgIpc) is 2.50. The van der Waals surface area contributed by atoms with E-state index in [1.165, 1.54) is 24.3 Å². The molecular formula is C17H19ClN2O3S. The molecule has 0 saturated heterocycles. The lowest BCUT2D eigenvalue weighted by Gasteiger charge is -2.12. The molecule has 0 spiro atoms. The Hall–Kier alpha value is -2.05. The second kappa shape index (κ2) is 7.23. The van der Waals surface area contributed by atoms with Gasteiger partial charge in [0.1, 0.15) is 0 Å². The number of carbonyl (C=O) groups excluding carboxylic acids is 1. The van der Waals surface area contributed by atoms with Gasteiger partial charge in [-0.05, 0) is 62.7 Å². The highest BCUT2D eigenvalue weighted by molar-refractivity contribution is 7.92. The van der Waals surface area contributed by atoms with E-state index in [1.807, 2.05) is 13.8 Å².